The smallest absolute Gasteiger partial charge is 0.0571 e. The predicted octanol–water partition coefficient (Wildman–Crippen LogP) is 15.1. The molecule has 0 radical (unpaired) electrons. The summed E-state index contributed by atoms with van der Waals surface area (Å²) in [6.45, 7) is 25.0. The van der Waals surface area contributed by atoms with Crippen LogP contribution < -0.4 is 0 Å². The Morgan fingerprint density at radius 3 is 1.39 bits per heavy atom. The molecule has 1 aliphatic carbocycles. The summed E-state index contributed by atoms with van der Waals surface area (Å²) in [7, 11) is 0. The van der Waals surface area contributed by atoms with Crippen molar-refractivity contribution in [2.75, 3.05) is 0 Å². The van der Waals surface area contributed by atoms with Gasteiger partial charge in [0.2, 0.25) is 0 Å². The summed E-state index contributed by atoms with van der Waals surface area (Å²) < 4.78 is 4.89. The van der Waals surface area contributed by atoms with E-state index in [0.717, 1.165) is 0 Å². The lowest BCUT2D eigenvalue weighted by Crippen LogP contribution is -2.26. The number of allylic oxidation sites excluding steroid dienone is 4. The summed E-state index contributed by atoms with van der Waals surface area (Å²) >= 11 is 0. The van der Waals surface area contributed by atoms with Crippen molar-refractivity contribution in [1.82, 2.24) is 19.1 Å². The standard InChI is InChI=1S/C57H54N4/c1-32-20-34(3)53(35(4)21-32)41-12-14-49-45(27-41)47-30-58-18-16-51(47)60(49)43-24-38(7)55(39(8)25-43)56-40(9)26-44(29-57(56,10)11)61-50-15-13-42(54-36(5)22-33(2)23-37(54)6)28-46(50)48-31-59-19-17-52(48)61/h12-31,56H,1-11H3. The van der Waals surface area contributed by atoms with Gasteiger partial charge >= 0.3 is 0 Å². The molecule has 302 valence electrons. The molecule has 1 unspecified atom stereocenters. The van der Waals surface area contributed by atoms with Crippen LogP contribution in [0.1, 0.15) is 76.8 Å². The number of fused-ring (bicyclic) bond motifs is 6. The van der Waals surface area contributed by atoms with E-state index in [4.69, 9.17) is 0 Å². The first kappa shape index (κ1) is 38.7. The molecule has 61 heavy (non-hydrogen) atoms. The molecule has 4 aromatic heterocycles. The number of nitrogens with zero attached hydrogens (tertiary/aromatic N) is 4. The number of aromatic nitrogens is 4. The van der Waals surface area contributed by atoms with Gasteiger partial charge < -0.3 is 9.13 Å². The Kier molecular flexibility index (Phi) is 8.89. The Labute approximate surface area is 359 Å². The molecule has 0 saturated heterocycles. The number of hydrogen-bond donors (Lipinski definition) is 0. The molecular weight excluding hydrogens is 741 g/mol. The van der Waals surface area contributed by atoms with Crippen molar-refractivity contribution in [3.8, 4) is 27.9 Å². The molecule has 1 atom stereocenters. The fraction of sp³-hybridized carbons (Fsp3) is 0.228. The average molecular weight is 795 g/mol. The third-order valence-corrected chi connectivity index (χ3v) is 13.5. The fourth-order valence-electron chi connectivity index (χ4n) is 11.5. The molecule has 0 fully saturated rings. The van der Waals surface area contributed by atoms with Gasteiger partial charge in [-0.25, -0.2) is 0 Å². The lowest BCUT2D eigenvalue weighted by molar-refractivity contribution is 0.404. The van der Waals surface area contributed by atoms with Crippen molar-refractivity contribution in [1.29, 1.82) is 0 Å². The molecule has 4 nitrogen and oxygen atoms in total. The van der Waals surface area contributed by atoms with Gasteiger partial charge in [0.15, 0.2) is 0 Å². The maximum absolute atomic E-state index is 4.62. The van der Waals surface area contributed by atoms with E-state index in [2.05, 4.69) is 192 Å². The Balaban J connectivity index is 1.06. The molecular formula is C57H54N4. The van der Waals surface area contributed by atoms with Crippen LogP contribution in [0.4, 0.5) is 0 Å². The van der Waals surface area contributed by atoms with Gasteiger partial charge in [-0.3, -0.25) is 9.97 Å². The first-order valence-corrected chi connectivity index (χ1v) is 21.7. The van der Waals surface area contributed by atoms with E-state index in [1.165, 1.54) is 133 Å². The van der Waals surface area contributed by atoms with Crippen LogP contribution in [0.5, 0.6) is 0 Å². The zero-order valence-corrected chi connectivity index (χ0v) is 37.4. The van der Waals surface area contributed by atoms with Crippen molar-refractivity contribution in [3.63, 3.8) is 0 Å². The number of hydrogen-bond acceptors (Lipinski definition) is 2. The van der Waals surface area contributed by atoms with E-state index in [9.17, 15) is 0 Å². The van der Waals surface area contributed by atoms with Crippen molar-refractivity contribution in [3.05, 3.63) is 178 Å². The van der Waals surface area contributed by atoms with Crippen molar-refractivity contribution in [2.45, 2.75) is 82.1 Å². The minimum absolute atomic E-state index is 0.168. The van der Waals surface area contributed by atoms with Gasteiger partial charge in [-0.1, -0.05) is 73.0 Å². The summed E-state index contributed by atoms with van der Waals surface area (Å²) in [5.74, 6) is 0.213. The largest absolute Gasteiger partial charge is 0.309 e. The third-order valence-electron chi connectivity index (χ3n) is 13.5. The molecule has 10 rings (SSSR count). The summed E-state index contributed by atoms with van der Waals surface area (Å²) in [5.41, 5.74) is 25.3. The summed E-state index contributed by atoms with van der Waals surface area (Å²) in [6.07, 6.45) is 12.8. The highest BCUT2D eigenvalue weighted by atomic mass is 15.0. The van der Waals surface area contributed by atoms with E-state index in [0.29, 0.717) is 0 Å². The monoisotopic (exact) mass is 794 g/mol. The second-order valence-electron chi connectivity index (χ2n) is 18.7. The van der Waals surface area contributed by atoms with Crippen molar-refractivity contribution in [2.24, 2.45) is 5.41 Å². The summed E-state index contributed by atoms with van der Waals surface area (Å²) in [6, 6.07) is 32.3. The number of benzene rings is 5. The third kappa shape index (κ3) is 6.10. The van der Waals surface area contributed by atoms with E-state index in [-0.39, 0.29) is 11.3 Å². The van der Waals surface area contributed by atoms with Crippen LogP contribution in [0.3, 0.4) is 0 Å². The molecule has 9 aromatic rings. The average Bonchev–Trinajstić information content (AvgIpc) is 3.70. The maximum Gasteiger partial charge on any atom is 0.0571 e. The van der Waals surface area contributed by atoms with Gasteiger partial charge in [-0.05, 0) is 184 Å². The van der Waals surface area contributed by atoms with Crippen molar-refractivity contribution < 1.29 is 0 Å². The first-order chi connectivity index (χ1) is 29.2. The molecule has 0 N–H and O–H groups in total. The predicted molar refractivity (Wildman–Crippen MR) is 259 cm³/mol. The molecule has 5 aromatic carbocycles. The van der Waals surface area contributed by atoms with Gasteiger partial charge in [0.25, 0.3) is 0 Å². The number of aryl methyl sites for hydroxylation is 8. The van der Waals surface area contributed by atoms with E-state index < -0.39 is 0 Å². The molecule has 0 amide bonds. The molecule has 0 saturated carbocycles. The second kappa shape index (κ2) is 14.0. The number of pyridine rings is 2. The molecule has 0 aliphatic heterocycles. The highest BCUT2D eigenvalue weighted by molar-refractivity contribution is 6.12. The highest BCUT2D eigenvalue weighted by Gasteiger charge is 2.36. The SMILES string of the molecule is CC1=CC(n2c3ccncc3c3cc(-c4c(C)cc(C)cc4C)ccc32)=CC(C)(C)C1c1c(C)cc(-n2c3ccncc3c3cc(-c4c(C)cc(C)cc4C)ccc32)cc1C. The Bertz CT molecular complexity index is 3310. The van der Waals surface area contributed by atoms with Crippen LogP contribution in [0, 0.1) is 60.8 Å². The molecule has 4 heteroatoms. The quantitative estimate of drug-likeness (QED) is 0.174. The number of rotatable bonds is 5. The molecule has 0 bridgehead atoms. The molecule has 1 aliphatic rings. The first-order valence-electron chi connectivity index (χ1n) is 21.7. The lowest BCUT2D eigenvalue weighted by atomic mass is 9.66. The lowest BCUT2D eigenvalue weighted by Gasteiger charge is -2.39. The van der Waals surface area contributed by atoms with Crippen LogP contribution in [-0.2, 0) is 0 Å². The van der Waals surface area contributed by atoms with Crippen LogP contribution >= 0.6 is 0 Å². The van der Waals surface area contributed by atoms with Gasteiger partial charge in [-0.15, -0.1) is 0 Å². The van der Waals surface area contributed by atoms with Gasteiger partial charge in [0.05, 0.1) is 22.1 Å². The second-order valence-corrected chi connectivity index (χ2v) is 18.7. The van der Waals surface area contributed by atoms with Crippen LogP contribution in [0.15, 0.2) is 127 Å². The molecule has 0 spiro atoms. The maximum atomic E-state index is 4.62. The van der Waals surface area contributed by atoms with Gasteiger partial charge in [0.1, 0.15) is 0 Å². The minimum Gasteiger partial charge on any atom is -0.309 e. The van der Waals surface area contributed by atoms with Gasteiger partial charge in [0, 0.05) is 63.6 Å². The zero-order valence-electron chi connectivity index (χ0n) is 37.4. The summed E-state index contributed by atoms with van der Waals surface area (Å²) in [4.78, 5) is 9.22. The minimum atomic E-state index is -0.168. The van der Waals surface area contributed by atoms with Gasteiger partial charge in [-0.2, -0.15) is 0 Å². The molecule has 4 heterocycles. The van der Waals surface area contributed by atoms with E-state index in [1.54, 1.807) is 0 Å². The Hall–Kier alpha value is -6.52. The Morgan fingerprint density at radius 1 is 0.475 bits per heavy atom. The topological polar surface area (TPSA) is 35.6 Å². The van der Waals surface area contributed by atoms with E-state index in [1.807, 2.05) is 24.8 Å². The van der Waals surface area contributed by atoms with Crippen LogP contribution in [-0.4, -0.2) is 19.1 Å². The Morgan fingerprint density at radius 2 is 0.918 bits per heavy atom. The summed E-state index contributed by atoms with van der Waals surface area (Å²) in [5, 5.41) is 4.80. The zero-order chi connectivity index (χ0) is 42.6. The normalized spacial score (nSPS) is 15.3. The highest BCUT2D eigenvalue weighted by Crippen LogP contribution is 2.50. The van der Waals surface area contributed by atoms with Crippen molar-refractivity contribution >= 4 is 49.3 Å². The fourth-order valence-corrected chi connectivity index (χ4v) is 11.5. The van der Waals surface area contributed by atoms with E-state index >= 15 is 0 Å². The van der Waals surface area contributed by atoms with Crippen LogP contribution in [0.2, 0.25) is 0 Å². The van der Waals surface area contributed by atoms with Crippen LogP contribution in [0.25, 0.3) is 77.2 Å².